The van der Waals surface area contributed by atoms with Gasteiger partial charge in [-0.15, -0.1) is 0 Å². The number of hydrogen-bond donors (Lipinski definition) is 1. The number of carbonyl (C=O) groups is 1. The van der Waals surface area contributed by atoms with Crippen molar-refractivity contribution in [2.45, 2.75) is 13.5 Å². The number of nitrogen functional groups attached to an aromatic ring is 1. The molecule has 0 fully saturated rings. The molecule has 1 aromatic heterocycles. The second-order valence-electron chi connectivity index (χ2n) is 4.61. The van der Waals surface area contributed by atoms with Crippen molar-refractivity contribution in [1.82, 2.24) is 9.88 Å². The Kier molecular flexibility index (Phi) is 3.80. The first-order valence-corrected chi connectivity index (χ1v) is 6.08. The van der Waals surface area contributed by atoms with E-state index in [1.165, 1.54) is 11.8 Å². The molecule has 1 aromatic carbocycles. The highest BCUT2D eigenvalue weighted by Gasteiger charge is 2.14. The number of pyridine rings is 1. The fourth-order valence-corrected chi connectivity index (χ4v) is 1.96. The lowest BCUT2D eigenvalue weighted by atomic mass is 10.1. The number of aromatic nitrogens is 1. The molecule has 1 amide bonds. The second-order valence-corrected chi connectivity index (χ2v) is 4.61. The van der Waals surface area contributed by atoms with E-state index in [9.17, 15) is 4.79 Å². The highest BCUT2D eigenvalue weighted by Crippen LogP contribution is 2.14. The number of rotatable bonds is 3. The fraction of sp³-hybridized carbons (Fsp3) is 0.200. The van der Waals surface area contributed by atoms with Gasteiger partial charge in [0.05, 0.1) is 17.4 Å². The Morgan fingerprint density at radius 3 is 2.84 bits per heavy atom. The summed E-state index contributed by atoms with van der Waals surface area (Å²) in [6.07, 6.45) is 3.07. The van der Waals surface area contributed by atoms with Crippen LogP contribution in [0.5, 0.6) is 0 Å². The Morgan fingerprint density at radius 1 is 1.37 bits per heavy atom. The zero-order valence-electron chi connectivity index (χ0n) is 11.1. The monoisotopic (exact) mass is 255 g/mol. The molecule has 0 aliphatic heterocycles. The molecule has 0 spiro atoms. The van der Waals surface area contributed by atoms with Crippen molar-refractivity contribution in [2.24, 2.45) is 0 Å². The molecule has 2 N–H and O–H groups in total. The van der Waals surface area contributed by atoms with E-state index in [1.54, 1.807) is 24.2 Å². The molecular formula is C15H17N3O. The van der Waals surface area contributed by atoms with Gasteiger partial charge in [0.2, 0.25) is 0 Å². The molecule has 0 aliphatic rings. The van der Waals surface area contributed by atoms with E-state index in [0.717, 1.165) is 5.56 Å². The van der Waals surface area contributed by atoms with Crippen molar-refractivity contribution in [1.29, 1.82) is 0 Å². The molecule has 4 nitrogen and oxygen atoms in total. The molecule has 0 saturated carbocycles. The van der Waals surface area contributed by atoms with E-state index in [-0.39, 0.29) is 5.91 Å². The largest absolute Gasteiger partial charge is 0.397 e. The summed E-state index contributed by atoms with van der Waals surface area (Å²) in [6.45, 7) is 2.59. The highest BCUT2D eigenvalue weighted by molar-refractivity contribution is 5.98. The molecular weight excluding hydrogens is 238 g/mol. The standard InChI is InChI=1S/C15H17N3O/c1-11-4-3-5-12(8-11)10-18(2)15(19)13-6-7-17-9-14(13)16/h3-9H,10,16H2,1-2H3. The summed E-state index contributed by atoms with van der Waals surface area (Å²) in [5.74, 6) is -0.0959. The third-order valence-electron chi connectivity index (χ3n) is 2.93. The molecule has 0 unspecified atom stereocenters. The third kappa shape index (κ3) is 3.10. The van der Waals surface area contributed by atoms with Gasteiger partial charge in [-0.2, -0.15) is 0 Å². The molecule has 0 bridgehead atoms. The van der Waals surface area contributed by atoms with Crippen molar-refractivity contribution in [3.8, 4) is 0 Å². The first kappa shape index (κ1) is 13.1. The predicted molar refractivity (Wildman–Crippen MR) is 75.6 cm³/mol. The smallest absolute Gasteiger partial charge is 0.256 e. The van der Waals surface area contributed by atoms with Crippen molar-refractivity contribution >= 4 is 11.6 Å². The van der Waals surface area contributed by atoms with Crippen molar-refractivity contribution in [3.05, 3.63) is 59.4 Å². The van der Waals surface area contributed by atoms with Crippen LogP contribution in [-0.2, 0) is 6.54 Å². The number of nitrogens with zero attached hydrogens (tertiary/aromatic N) is 2. The number of aryl methyl sites for hydroxylation is 1. The molecule has 19 heavy (non-hydrogen) atoms. The summed E-state index contributed by atoms with van der Waals surface area (Å²) in [4.78, 5) is 17.8. The van der Waals surface area contributed by atoms with Gasteiger partial charge in [-0.1, -0.05) is 29.8 Å². The number of amides is 1. The maximum Gasteiger partial charge on any atom is 0.256 e. The summed E-state index contributed by atoms with van der Waals surface area (Å²) in [7, 11) is 1.77. The Morgan fingerprint density at radius 2 is 2.16 bits per heavy atom. The lowest BCUT2D eigenvalue weighted by Crippen LogP contribution is -2.27. The average molecular weight is 255 g/mol. The van der Waals surface area contributed by atoms with Gasteiger partial charge in [0, 0.05) is 19.8 Å². The molecule has 98 valence electrons. The van der Waals surface area contributed by atoms with Gasteiger partial charge in [-0.05, 0) is 18.6 Å². The van der Waals surface area contributed by atoms with E-state index in [2.05, 4.69) is 11.1 Å². The number of nitrogens with two attached hydrogens (primary N) is 1. The lowest BCUT2D eigenvalue weighted by Gasteiger charge is -2.18. The van der Waals surface area contributed by atoms with Gasteiger partial charge in [0.25, 0.3) is 5.91 Å². The average Bonchev–Trinajstić information content (AvgIpc) is 2.38. The molecule has 2 aromatic rings. The van der Waals surface area contributed by atoms with Crippen LogP contribution >= 0.6 is 0 Å². The van der Waals surface area contributed by atoms with E-state index < -0.39 is 0 Å². The van der Waals surface area contributed by atoms with E-state index >= 15 is 0 Å². The summed E-state index contributed by atoms with van der Waals surface area (Å²) in [6, 6.07) is 9.74. The molecule has 0 atom stereocenters. The summed E-state index contributed by atoms with van der Waals surface area (Å²) >= 11 is 0. The number of carbonyl (C=O) groups excluding carboxylic acids is 1. The van der Waals surface area contributed by atoms with Gasteiger partial charge < -0.3 is 10.6 Å². The van der Waals surface area contributed by atoms with Crippen LogP contribution in [0.3, 0.4) is 0 Å². The molecule has 0 radical (unpaired) electrons. The molecule has 2 rings (SSSR count). The van der Waals surface area contributed by atoms with Gasteiger partial charge >= 0.3 is 0 Å². The van der Waals surface area contributed by atoms with Gasteiger partial charge in [0.15, 0.2) is 0 Å². The summed E-state index contributed by atoms with van der Waals surface area (Å²) in [5.41, 5.74) is 8.95. The SMILES string of the molecule is Cc1cccc(CN(C)C(=O)c2ccncc2N)c1. The molecule has 1 heterocycles. The van der Waals surface area contributed by atoms with Crippen molar-refractivity contribution < 1.29 is 4.79 Å². The van der Waals surface area contributed by atoms with Crippen LogP contribution < -0.4 is 5.73 Å². The van der Waals surface area contributed by atoms with E-state index in [4.69, 9.17) is 5.73 Å². The quantitative estimate of drug-likeness (QED) is 0.915. The summed E-state index contributed by atoms with van der Waals surface area (Å²) in [5, 5.41) is 0. The van der Waals surface area contributed by atoms with Crippen LogP contribution in [0.4, 0.5) is 5.69 Å². The van der Waals surface area contributed by atoms with Crippen LogP contribution in [0.25, 0.3) is 0 Å². The van der Waals surface area contributed by atoms with Crippen LogP contribution in [0, 0.1) is 6.92 Å². The van der Waals surface area contributed by atoms with Crippen LogP contribution in [0.15, 0.2) is 42.7 Å². The maximum atomic E-state index is 12.3. The Balaban J connectivity index is 2.14. The maximum absolute atomic E-state index is 12.3. The van der Waals surface area contributed by atoms with Crippen LogP contribution in [-0.4, -0.2) is 22.8 Å². The van der Waals surface area contributed by atoms with E-state index in [0.29, 0.717) is 17.8 Å². The minimum atomic E-state index is -0.0959. The van der Waals surface area contributed by atoms with Gasteiger partial charge in [-0.3, -0.25) is 9.78 Å². The predicted octanol–water partition coefficient (Wildman–Crippen LogP) is 2.24. The minimum Gasteiger partial charge on any atom is -0.397 e. The minimum absolute atomic E-state index is 0.0959. The summed E-state index contributed by atoms with van der Waals surface area (Å²) < 4.78 is 0. The fourth-order valence-electron chi connectivity index (χ4n) is 1.96. The van der Waals surface area contributed by atoms with Crippen molar-refractivity contribution in [2.75, 3.05) is 12.8 Å². The molecule has 4 heteroatoms. The first-order valence-electron chi connectivity index (χ1n) is 6.08. The zero-order valence-corrected chi connectivity index (χ0v) is 11.1. The van der Waals surface area contributed by atoms with Gasteiger partial charge in [-0.25, -0.2) is 0 Å². The Hall–Kier alpha value is -2.36. The lowest BCUT2D eigenvalue weighted by molar-refractivity contribution is 0.0786. The zero-order chi connectivity index (χ0) is 13.8. The van der Waals surface area contributed by atoms with E-state index in [1.807, 2.05) is 25.1 Å². The molecule has 0 saturated heterocycles. The highest BCUT2D eigenvalue weighted by atomic mass is 16.2. The van der Waals surface area contributed by atoms with Crippen molar-refractivity contribution in [3.63, 3.8) is 0 Å². The van der Waals surface area contributed by atoms with Gasteiger partial charge in [0.1, 0.15) is 0 Å². The second kappa shape index (κ2) is 5.52. The Labute approximate surface area is 112 Å². The third-order valence-corrected chi connectivity index (χ3v) is 2.93. The number of benzene rings is 1. The Bertz CT molecular complexity index is 595. The number of hydrogen-bond acceptors (Lipinski definition) is 3. The number of anilines is 1. The van der Waals surface area contributed by atoms with Crippen LogP contribution in [0.2, 0.25) is 0 Å². The normalized spacial score (nSPS) is 10.2. The van der Waals surface area contributed by atoms with Crippen LogP contribution in [0.1, 0.15) is 21.5 Å². The topological polar surface area (TPSA) is 59.2 Å². The molecule has 0 aliphatic carbocycles. The first-order chi connectivity index (χ1) is 9.08.